The first-order valence-electron chi connectivity index (χ1n) is 6.10. The highest BCUT2D eigenvalue weighted by atomic mass is 32.2. The van der Waals surface area contributed by atoms with Gasteiger partial charge in [0.2, 0.25) is 11.8 Å². The van der Waals surface area contributed by atoms with E-state index < -0.39 is 0 Å². The predicted octanol–water partition coefficient (Wildman–Crippen LogP) is -1.03. The molecular weight excluding hydrogens is 254 g/mol. The van der Waals surface area contributed by atoms with Crippen LogP contribution in [0.1, 0.15) is 0 Å². The number of carbonyl (C=O) groups excluding carboxylic acids is 2. The third-order valence-corrected chi connectivity index (χ3v) is 4.07. The van der Waals surface area contributed by atoms with Gasteiger partial charge in [0.1, 0.15) is 0 Å². The zero-order chi connectivity index (χ0) is 13.0. The summed E-state index contributed by atoms with van der Waals surface area (Å²) in [5.41, 5.74) is 0. The summed E-state index contributed by atoms with van der Waals surface area (Å²) in [6, 6.07) is -0.141. The molecule has 2 saturated heterocycles. The van der Waals surface area contributed by atoms with Gasteiger partial charge in [0.25, 0.3) is 0 Å². The Morgan fingerprint density at radius 3 is 2.78 bits per heavy atom. The maximum absolute atomic E-state index is 12.0. The summed E-state index contributed by atoms with van der Waals surface area (Å²) >= 11 is 1.70. The van der Waals surface area contributed by atoms with Gasteiger partial charge in [-0.2, -0.15) is 0 Å². The second kappa shape index (κ2) is 6.40. The maximum atomic E-state index is 12.0. The van der Waals surface area contributed by atoms with E-state index in [1.54, 1.807) is 23.7 Å². The lowest BCUT2D eigenvalue weighted by atomic mass is 10.3. The molecule has 6 nitrogen and oxygen atoms in total. The van der Waals surface area contributed by atoms with Crippen LogP contribution in [0.3, 0.4) is 0 Å². The highest BCUT2D eigenvalue weighted by Gasteiger charge is 2.27. The Kier molecular flexibility index (Phi) is 4.85. The molecule has 2 aliphatic rings. The van der Waals surface area contributed by atoms with Crippen molar-refractivity contribution in [2.75, 3.05) is 51.5 Å². The van der Waals surface area contributed by atoms with Crippen LogP contribution in [0.25, 0.3) is 0 Å². The zero-order valence-corrected chi connectivity index (χ0v) is 11.4. The van der Waals surface area contributed by atoms with E-state index in [9.17, 15) is 9.59 Å². The summed E-state index contributed by atoms with van der Waals surface area (Å²) in [7, 11) is 1.69. The maximum Gasteiger partial charge on any atom is 0.242 e. The van der Waals surface area contributed by atoms with E-state index in [1.165, 1.54) is 4.90 Å². The number of thioether (sulfide) groups is 1. The van der Waals surface area contributed by atoms with Gasteiger partial charge in [0, 0.05) is 31.8 Å². The lowest BCUT2D eigenvalue weighted by Gasteiger charge is -2.29. The fraction of sp³-hybridized carbons (Fsp3) is 0.818. The van der Waals surface area contributed by atoms with Gasteiger partial charge in [-0.05, 0) is 0 Å². The SMILES string of the molecule is CN(CC(=O)N1CCOCC1)C(=O)C1CSCN1. The molecule has 0 bridgehead atoms. The third-order valence-electron chi connectivity index (χ3n) is 3.13. The molecule has 0 aromatic heterocycles. The first-order chi connectivity index (χ1) is 8.68. The molecule has 0 aromatic rings. The van der Waals surface area contributed by atoms with E-state index in [-0.39, 0.29) is 24.4 Å². The predicted molar refractivity (Wildman–Crippen MR) is 69.3 cm³/mol. The summed E-state index contributed by atoms with van der Waals surface area (Å²) in [6.07, 6.45) is 0. The number of hydrogen-bond acceptors (Lipinski definition) is 5. The molecule has 0 spiro atoms. The van der Waals surface area contributed by atoms with Crippen LogP contribution in [0, 0.1) is 0 Å². The Balaban J connectivity index is 1.80. The Morgan fingerprint density at radius 1 is 1.44 bits per heavy atom. The van der Waals surface area contributed by atoms with Gasteiger partial charge in [-0.25, -0.2) is 0 Å². The minimum Gasteiger partial charge on any atom is -0.378 e. The van der Waals surface area contributed by atoms with Gasteiger partial charge in [0.15, 0.2) is 0 Å². The molecule has 7 heteroatoms. The van der Waals surface area contributed by atoms with Crippen LogP contribution in [0.15, 0.2) is 0 Å². The zero-order valence-electron chi connectivity index (χ0n) is 10.6. The van der Waals surface area contributed by atoms with Crippen molar-refractivity contribution in [1.29, 1.82) is 0 Å². The van der Waals surface area contributed by atoms with Crippen molar-refractivity contribution >= 4 is 23.6 Å². The van der Waals surface area contributed by atoms with Crippen molar-refractivity contribution in [1.82, 2.24) is 15.1 Å². The smallest absolute Gasteiger partial charge is 0.242 e. The molecule has 2 fully saturated rings. The van der Waals surface area contributed by atoms with E-state index in [1.807, 2.05) is 0 Å². The van der Waals surface area contributed by atoms with Crippen LogP contribution in [0.5, 0.6) is 0 Å². The number of ether oxygens (including phenoxy) is 1. The molecule has 0 aliphatic carbocycles. The number of amides is 2. The Labute approximate surface area is 111 Å². The highest BCUT2D eigenvalue weighted by molar-refractivity contribution is 7.99. The average molecular weight is 273 g/mol. The van der Waals surface area contributed by atoms with E-state index in [0.717, 1.165) is 11.6 Å². The molecule has 0 aromatic carbocycles. The lowest BCUT2D eigenvalue weighted by Crippen LogP contribution is -2.49. The van der Waals surface area contributed by atoms with E-state index in [2.05, 4.69) is 5.32 Å². The van der Waals surface area contributed by atoms with Crippen LogP contribution in [-0.2, 0) is 14.3 Å². The van der Waals surface area contributed by atoms with Gasteiger partial charge in [-0.3, -0.25) is 14.9 Å². The Morgan fingerprint density at radius 2 is 2.17 bits per heavy atom. The minimum atomic E-state index is -0.141. The Hall–Kier alpha value is -0.790. The quantitative estimate of drug-likeness (QED) is 0.712. The van der Waals surface area contributed by atoms with Crippen molar-refractivity contribution in [2.45, 2.75) is 6.04 Å². The number of nitrogens with one attached hydrogen (secondary N) is 1. The molecule has 2 rings (SSSR count). The first kappa shape index (κ1) is 13.6. The van der Waals surface area contributed by atoms with Gasteiger partial charge < -0.3 is 14.5 Å². The molecule has 1 unspecified atom stereocenters. The monoisotopic (exact) mass is 273 g/mol. The van der Waals surface area contributed by atoms with Crippen molar-refractivity contribution in [3.63, 3.8) is 0 Å². The van der Waals surface area contributed by atoms with Crippen LogP contribution >= 0.6 is 11.8 Å². The molecule has 102 valence electrons. The normalized spacial score (nSPS) is 24.1. The molecular formula is C11H19N3O3S. The number of likely N-dealkylation sites (N-methyl/N-ethyl adjacent to an activating group) is 1. The van der Waals surface area contributed by atoms with Crippen molar-refractivity contribution in [2.24, 2.45) is 0 Å². The second-order valence-electron chi connectivity index (χ2n) is 4.46. The Bertz CT molecular complexity index is 315. The largest absolute Gasteiger partial charge is 0.378 e. The molecule has 2 amide bonds. The molecule has 1 N–H and O–H groups in total. The minimum absolute atomic E-state index is 0.000185. The van der Waals surface area contributed by atoms with Crippen molar-refractivity contribution < 1.29 is 14.3 Å². The third kappa shape index (κ3) is 3.37. The number of hydrogen-bond donors (Lipinski definition) is 1. The average Bonchev–Trinajstić information content (AvgIpc) is 2.92. The van der Waals surface area contributed by atoms with Crippen LogP contribution < -0.4 is 5.32 Å². The molecule has 2 heterocycles. The van der Waals surface area contributed by atoms with Crippen LogP contribution in [0.4, 0.5) is 0 Å². The second-order valence-corrected chi connectivity index (χ2v) is 5.49. The highest BCUT2D eigenvalue weighted by Crippen LogP contribution is 2.11. The summed E-state index contributed by atoms with van der Waals surface area (Å²) in [4.78, 5) is 27.3. The number of rotatable bonds is 3. The molecule has 1 atom stereocenters. The van der Waals surface area contributed by atoms with E-state index in [4.69, 9.17) is 4.74 Å². The van der Waals surface area contributed by atoms with Crippen LogP contribution in [0.2, 0.25) is 0 Å². The standard InChI is InChI=1S/C11H19N3O3S/c1-13(11(16)9-7-18-8-12-9)6-10(15)14-2-4-17-5-3-14/h9,12H,2-8H2,1H3. The van der Waals surface area contributed by atoms with Gasteiger partial charge in [-0.15, -0.1) is 11.8 Å². The van der Waals surface area contributed by atoms with E-state index >= 15 is 0 Å². The van der Waals surface area contributed by atoms with Crippen molar-refractivity contribution in [3.8, 4) is 0 Å². The summed E-state index contributed by atoms with van der Waals surface area (Å²) in [5.74, 6) is 1.60. The van der Waals surface area contributed by atoms with Gasteiger partial charge in [-0.1, -0.05) is 0 Å². The lowest BCUT2D eigenvalue weighted by molar-refractivity contribution is -0.142. The van der Waals surface area contributed by atoms with E-state index in [0.29, 0.717) is 26.3 Å². The summed E-state index contributed by atoms with van der Waals surface area (Å²) in [5, 5.41) is 3.12. The molecule has 0 radical (unpaired) electrons. The van der Waals surface area contributed by atoms with Gasteiger partial charge >= 0.3 is 0 Å². The van der Waals surface area contributed by atoms with Crippen LogP contribution in [-0.4, -0.2) is 79.2 Å². The topological polar surface area (TPSA) is 61.9 Å². The number of carbonyl (C=O) groups is 2. The summed E-state index contributed by atoms with van der Waals surface area (Å²) < 4.78 is 5.20. The molecule has 2 aliphatic heterocycles. The molecule has 18 heavy (non-hydrogen) atoms. The fourth-order valence-corrected chi connectivity index (χ4v) is 2.95. The van der Waals surface area contributed by atoms with Crippen molar-refractivity contribution in [3.05, 3.63) is 0 Å². The number of morpholine rings is 1. The fourth-order valence-electron chi connectivity index (χ4n) is 2.01. The first-order valence-corrected chi connectivity index (χ1v) is 7.25. The number of nitrogens with zero attached hydrogens (tertiary/aromatic N) is 2. The summed E-state index contributed by atoms with van der Waals surface area (Å²) in [6.45, 7) is 2.58. The molecule has 0 saturated carbocycles. The van der Waals surface area contributed by atoms with Gasteiger partial charge in [0.05, 0.1) is 25.8 Å².